The number of benzene rings is 1. The molecule has 0 saturated carbocycles. The third kappa shape index (κ3) is 3.16. The van der Waals surface area contributed by atoms with Crippen LogP contribution < -0.4 is 5.32 Å². The summed E-state index contributed by atoms with van der Waals surface area (Å²) in [7, 11) is 2.97. The highest BCUT2D eigenvalue weighted by atomic mass is 35.5. The zero-order chi connectivity index (χ0) is 17.3. The van der Waals surface area contributed by atoms with Crippen molar-refractivity contribution < 1.29 is 19.0 Å². The standard InChI is InChI=1S/C17H21Cl2NO4/c1-22-9-24-15-7-12-5-11(8-17(15,20-12)16(21)23-2)10-3-4-13(18)14(19)6-10/h3-4,6,11-12,15,20H,5,7-9H2,1-2H3. The fraction of sp³-hybridized carbons (Fsp3) is 0.588. The summed E-state index contributed by atoms with van der Waals surface area (Å²) in [5.41, 5.74) is 0.226. The number of carbonyl (C=O) groups excluding carboxylic acids is 1. The minimum atomic E-state index is -0.854. The first-order valence-corrected chi connectivity index (χ1v) is 8.67. The Morgan fingerprint density at radius 1 is 1.29 bits per heavy atom. The Morgan fingerprint density at radius 3 is 2.75 bits per heavy atom. The van der Waals surface area contributed by atoms with Crippen LogP contribution in [0.25, 0.3) is 0 Å². The van der Waals surface area contributed by atoms with E-state index in [-0.39, 0.29) is 30.8 Å². The van der Waals surface area contributed by atoms with Crippen LogP contribution in [0.5, 0.6) is 0 Å². The quantitative estimate of drug-likeness (QED) is 0.634. The Kier molecular flexibility index (Phi) is 5.37. The van der Waals surface area contributed by atoms with Gasteiger partial charge in [-0.05, 0) is 42.9 Å². The van der Waals surface area contributed by atoms with E-state index in [1.807, 2.05) is 12.1 Å². The van der Waals surface area contributed by atoms with Gasteiger partial charge in [0, 0.05) is 13.2 Å². The topological polar surface area (TPSA) is 56.8 Å². The molecule has 0 spiro atoms. The first-order chi connectivity index (χ1) is 11.5. The summed E-state index contributed by atoms with van der Waals surface area (Å²) in [4.78, 5) is 12.6. The van der Waals surface area contributed by atoms with E-state index in [0.717, 1.165) is 18.4 Å². The molecule has 2 fully saturated rings. The number of carbonyl (C=O) groups is 1. The summed E-state index contributed by atoms with van der Waals surface area (Å²) in [6, 6.07) is 5.83. The van der Waals surface area contributed by atoms with Crippen LogP contribution in [0, 0.1) is 0 Å². The normalized spacial score (nSPS) is 31.9. The van der Waals surface area contributed by atoms with Crippen molar-refractivity contribution in [2.45, 2.75) is 42.9 Å². The summed E-state index contributed by atoms with van der Waals surface area (Å²) in [6.07, 6.45) is 1.96. The molecular weight excluding hydrogens is 353 g/mol. The van der Waals surface area contributed by atoms with E-state index in [4.69, 9.17) is 37.4 Å². The molecule has 2 aliphatic heterocycles. The maximum absolute atomic E-state index is 12.6. The smallest absolute Gasteiger partial charge is 0.328 e. The van der Waals surface area contributed by atoms with Crippen LogP contribution in [0.3, 0.4) is 0 Å². The zero-order valence-corrected chi connectivity index (χ0v) is 15.2. The molecule has 2 heterocycles. The maximum atomic E-state index is 12.6. The van der Waals surface area contributed by atoms with Crippen molar-refractivity contribution in [1.82, 2.24) is 5.32 Å². The molecule has 0 radical (unpaired) electrons. The summed E-state index contributed by atoms with van der Waals surface area (Å²) in [5.74, 6) is -0.114. The molecule has 2 bridgehead atoms. The van der Waals surface area contributed by atoms with Crippen LogP contribution in [0.4, 0.5) is 0 Å². The minimum Gasteiger partial charge on any atom is -0.468 e. The van der Waals surface area contributed by atoms with E-state index in [2.05, 4.69) is 5.32 Å². The molecule has 5 nitrogen and oxygen atoms in total. The number of halogens is 2. The molecule has 1 aromatic carbocycles. The van der Waals surface area contributed by atoms with Crippen LogP contribution in [-0.4, -0.2) is 44.7 Å². The van der Waals surface area contributed by atoms with E-state index in [0.29, 0.717) is 16.5 Å². The van der Waals surface area contributed by atoms with Gasteiger partial charge in [-0.1, -0.05) is 29.3 Å². The van der Waals surface area contributed by atoms with Crippen molar-refractivity contribution in [2.75, 3.05) is 21.0 Å². The number of rotatable bonds is 5. The number of fused-ring (bicyclic) bond motifs is 2. The van der Waals surface area contributed by atoms with Gasteiger partial charge in [-0.2, -0.15) is 0 Å². The molecular formula is C17H21Cl2NO4. The number of nitrogens with one attached hydrogen (secondary N) is 1. The molecule has 132 valence electrons. The van der Waals surface area contributed by atoms with E-state index >= 15 is 0 Å². The molecule has 2 aliphatic rings. The lowest BCUT2D eigenvalue weighted by atomic mass is 9.79. The molecule has 4 unspecified atom stereocenters. The molecule has 24 heavy (non-hydrogen) atoms. The van der Waals surface area contributed by atoms with Gasteiger partial charge in [-0.15, -0.1) is 0 Å². The number of esters is 1. The summed E-state index contributed by atoms with van der Waals surface area (Å²) >= 11 is 12.2. The fourth-order valence-corrected chi connectivity index (χ4v) is 4.28. The first kappa shape index (κ1) is 18.0. The number of hydrogen-bond donors (Lipinski definition) is 1. The number of piperidine rings is 1. The van der Waals surface area contributed by atoms with Crippen molar-refractivity contribution in [3.05, 3.63) is 33.8 Å². The average molecular weight is 374 g/mol. The molecule has 2 saturated heterocycles. The lowest BCUT2D eigenvalue weighted by Gasteiger charge is -2.39. The fourth-order valence-electron chi connectivity index (χ4n) is 3.97. The van der Waals surface area contributed by atoms with Gasteiger partial charge in [0.15, 0.2) is 0 Å². The second-order valence-corrected chi connectivity index (χ2v) is 7.23. The van der Waals surface area contributed by atoms with Crippen molar-refractivity contribution >= 4 is 29.2 Å². The highest BCUT2D eigenvalue weighted by Crippen LogP contribution is 2.46. The monoisotopic (exact) mass is 373 g/mol. The molecule has 1 N–H and O–H groups in total. The zero-order valence-electron chi connectivity index (χ0n) is 13.7. The van der Waals surface area contributed by atoms with Gasteiger partial charge in [0.05, 0.1) is 23.3 Å². The van der Waals surface area contributed by atoms with Gasteiger partial charge in [-0.25, -0.2) is 4.79 Å². The largest absolute Gasteiger partial charge is 0.468 e. The summed E-state index contributed by atoms with van der Waals surface area (Å²) < 4.78 is 15.9. The molecule has 0 amide bonds. The molecule has 7 heteroatoms. The summed E-state index contributed by atoms with van der Waals surface area (Å²) in [6.45, 7) is 0.148. The number of hydrogen-bond acceptors (Lipinski definition) is 5. The minimum absolute atomic E-state index is 0.148. The van der Waals surface area contributed by atoms with Crippen molar-refractivity contribution in [2.24, 2.45) is 0 Å². The van der Waals surface area contributed by atoms with E-state index in [1.54, 1.807) is 13.2 Å². The van der Waals surface area contributed by atoms with Gasteiger partial charge in [0.2, 0.25) is 0 Å². The third-order valence-electron chi connectivity index (χ3n) is 5.00. The molecule has 0 aliphatic carbocycles. The van der Waals surface area contributed by atoms with Crippen molar-refractivity contribution in [3.63, 3.8) is 0 Å². The Morgan fingerprint density at radius 2 is 2.08 bits per heavy atom. The molecule has 4 atom stereocenters. The number of methoxy groups -OCH3 is 2. The Labute approximate surface area is 151 Å². The van der Waals surface area contributed by atoms with Crippen molar-refractivity contribution in [3.8, 4) is 0 Å². The average Bonchev–Trinajstić information content (AvgIpc) is 2.85. The van der Waals surface area contributed by atoms with Gasteiger partial charge in [0.25, 0.3) is 0 Å². The van der Waals surface area contributed by atoms with Crippen LogP contribution in [0.15, 0.2) is 18.2 Å². The highest BCUT2D eigenvalue weighted by molar-refractivity contribution is 6.42. The molecule has 1 aromatic rings. The third-order valence-corrected chi connectivity index (χ3v) is 5.74. The summed E-state index contributed by atoms with van der Waals surface area (Å²) in [5, 5.41) is 4.48. The van der Waals surface area contributed by atoms with E-state index < -0.39 is 5.54 Å². The van der Waals surface area contributed by atoms with Crippen LogP contribution in [0.2, 0.25) is 10.0 Å². The predicted molar refractivity (Wildman–Crippen MR) is 91.5 cm³/mol. The number of ether oxygens (including phenoxy) is 3. The Balaban J connectivity index is 1.89. The van der Waals surface area contributed by atoms with Gasteiger partial charge >= 0.3 is 5.97 Å². The highest BCUT2D eigenvalue weighted by Gasteiger charge is 2.58. The lowest BCUT2D eigenvalue weighted by molar-refractivity contribution is -0.160. The second kappa shape index (κ2) is 7.18. The predicted octanol–water partition coefficient (Wildman–Crippen LogP) is 3.13. The van der Waals surface area contributed by atoms with Crippen LogP contribution in [-0.2, 0) is 19.0 Å². The Hall–Kier alpha value is -0.850. The molecule has 3 rings (SSSR count). The van der Waals surface area contributed by atoms with Crippen LogP contribution in [0.1, 0.15) is 30.7 Å². The van der Waals surface area contributed by atoms with Crippen LogP contribution >= 0.6 is 23.2 Å². The van der Waals surface area contributed by atoms with Gasteiger partial charge in [-0.3, -0.25) is 5.32 Å². The van der Waals surface area contributed by atoms with E-state index in [9.17, 15) is 4.79 Å². The SMILES string of the molecule is COCOC1CC2CC(c3ccc(Cl)c(Cl)c3)CC1(C(=O)OC)N2. The lowest BCUT2D eigenvalue weighted by Crippen LogP contribution is -2.60. The maximum Gasteiger partial charge on any atom is 0.328 e. The van der Waals surface area contributed by atoms with Gasteiger partial charge < -0.3 is 14.2 Å². The van der Waals surface area contributed by atoms with E-state index in [1.165, 1.54) is 7.11 Å². The van der Waals surface area contributed by atoms with Gasteiger partial charge in [0.1, 0.15) is 12.3 Å². The first-order valence-electron chi connectivity index (χ1n) is 7.91. The second-order valence-electron chi connectivity index (χ2n) is 6.41. The molecule has 0 aromatic heterocycles. The Bertz CT molecular complexity index is 627. The van der Waals surface area contributed by atoms with Crippen molar-refractivity contribution in [1.29, 1.82) is 0 Å².